The van der Waals surface area contributed by atoms with Crippen LogP contribution in [-0.4, -0.2) is 54.9 Å². The molecule has 2 amide bonds. The first-order valence-electron chi connectivity index (χ1n) is 10.6. The van der Waals surface area contributed by atoms with Crippen LogP contribution in [0.1, 0.15) is 37.3 Å². The molecule has 160 valence electrons. The van der Waals surface area contributed by atoms with Gasteiger partial charge < -0.3 is 19.0 Å². The second-order valence-corrected chi connectivity index (χ2v) is 8.42. The van der Waals surface area contributed by atoms with Gasteiger partial charge in [0.25, 0.3) is 0 Å². The third-order valence-electron chi connectivity index (χ3n) is 6.62. The minimum Gasteiger partial charge on any atom is -0.497 e. The number of fused-ring (bicyclic) bond motifs is 1. The van der Waals surface area contributed by atoms with Gasteiger partial charge in [0.1, 0.15) is 11.3 Å². The molecule has 0 bridgehead atoms. The molecular formula is C23H28N2O5. The van der Waals surface area contributed by atoms with E-state index in [1.54, 1.807) is 24.1 Å². The standard InChI is InChI=1S/C23H28N2O5/c1-4-9-24-10-7-23(22(24)28)8-11-25(14-23)20(26)13-18-15(2)17-6-5-16(29-3)12-19(17)30-21(18)27/h5-6,12H,4,7-11,13-14H2,1-3H3. The maximum Gasteiger partial charge on any atom is 0.340 e. The normalized spacial score (nSPS) is 21.2. The topological polar surface area (TPSA) is 80.1 Å². The maximum absolute atomic E-state index is 13.0. The Balaban J connectivity index is 1.53. The lowest BCUT2D eigenvalue weighted by atomic mass is 9.85. The van der Waals surface area contributed by atoms with Crippen molar-refractivity contribution in [3.63, 3.8) is 0 Å². The van der Waals surface area contributed by atoms with Gasteiger partial charge in [-0.2, -0.15) is 0 Å². The zero-order valence-electron chi connectivity index (χ0n) is 17.8. The first kappa shape index (κ1) is 20.4. The minimum absolute atomic E-state index is 0.0148. The summed E-state index contributed by atoms with van der Waals surface area (Å²) in [5.41, 5.74) is 0.633. The summed E-state index contributed by atoms with van der Waals surface area (Å²) >= 11 is 0. The monoisotopic (exact) mass is 412 g/mol. The highest BCUT2D eigenvalue weighted by atomic mass is 16.5. The predicted octanol–water partition coefficient (Wildman–Crippen LogP) is 2.51. The molecule has 2 fully saturated rings. The number of hydrogen-bond acceptors (Lipinski definition) is 5. The number of hydrogen-bond donors (Lipinski definition) is 0. The van der Waals surface area contributed by atoms with E-state index in [1.165, 1.54) is 0 Å². The Hall–Kier alpha value is -2.83. The average molecular weight is 412 g/mol. The van der Waals surface area contributed by atoms with Crippen LogP contribution in [0.4, 0.5) is 0 Å². The van der Waals surface area contributed by atoms with Crippen molar-refractivity contribution < 1.29 is 18.7 Å². The van der Waals surface area contributed by atoms with E-state index < -0.39 is 11.0 Å². The highest BCUT2D eigenvalue weighted by molar-refractivity contribution is 5.88. The Kier molecular flexibility index (Phi) is 5.30. The summed E-state index contributed by atoms with van der Waals surface area (Å²) in [5, 5.41) is 0.789. The van der Waals surface area contributed by atoms with Gasteiger partial charge in [0.2, 0.25) is 11.8 Å². The summed E-state index contributed by atoms with van der Waals surface area (Å²) < 4.78 is 10.7. The Morgan fingerprint density at radius 3 is 2.73 bits per heavy atom. The van der Waals surface area contributed by atoms with Gasteiger partial charge in [-0.25, -0.2) is 4.79 Å². The van der Waals surface area contributed by atoms with E-state index in [0.717, 1.165) is 36.9 Å². The van der Waals surface area contributed by atoms with Gasteiger partial charge >= 0.3 is 5.63 Å². The Bertz CT molecular complexity index is 1060. The molecule has 2 aromatic rings. The van der Waals surface area contributed by atoms with Crippen LogP contribution < -0.4 is 10.4 Å². The van der Waals surface area contributed by atoms with Gasteiger partial charge in [-0.1, -0.05) is 6.92 Å². The lowest BCUT2D eigenvalue weighted by Gasteiger charge is -2.23. The van der Waals surface area contributed by atoms with Crippen molar-refractivity contribution in [3.8, 4) is 5.75 Å². The number of carbonyl (C=O) groups is 2. The molecule has 1 atom stereocenters. The van der Waals surface area contributed by atoms with Crippen molar-refractivity contribution in [1.29, 1.82) is 0 Å². The highest BCUT2D eigenvalue weighted by Gasteiger charge is 2.51. The van der Waals surface area contributed by atoms with Gasteiger partial charge in [0.15, 0.2) is 0 Å². The molecule has 30 heavy (non-hydrogen) atoms. The highest BCUT2D eigenvalue weighted by Crippen LogP contribution is 2.41. The maximum atomic E-state index is 13.0. The molecule has 2 aliphatic heterocycles. The quantitative estimate of drug-likeness (QED) is 0.705. The summed E-state index contributed by atoms with van der Waals surface area (Å²) in [7, 11) is 1.55. The Morgan fingerprint density at radius 1 is 1.23 bits per heavy atom. The second kappa shape index (κ2) is 7.78. The molecule has 1 spiro atoms. The Morgan fingerprint density at radius 2 is 2.00 bits per heavy atom. The summed E-state index contributed by atoms with van der Waals surface area (Å²) in [6.07, 6.45) is 2.42. The van der Waals surface area contributed by atoms with Gasteiger partial charge in [-0.3, -0.25) is 9.59 Å². The van der Waals surface area contributed by atoms with Gasteiger partial charge in [-0.15, -0.1) is 0 Å². The van der Waals surface area contributed by atoms with Crippen molar-refractivity contribution in [2.75, 3.05) is 33.3 Å². The summed E-state index contributed by atoms with van der Waals surface area (Å²) in [6.45, 7) is 6.45. The van der Waals surface area contributed by atoms with Crippen molar-refractivity contribution >= 4 is 22.8 Å². The summed E-state index contributed by atoms with van der Waals surface area (Å²) in [4.78, 5) is 42.1. The van der Waals surface area contributed by atoms with Crippen LogP contribution in [0.25, 0.3) is 11.0 Å². The SMILES string of the molecule is CCCN1CCC2(CCN(C(=O)Cc3c(C)c4ccc(OC)cc4oc3=O)C2)C1=O. The van der Waals surface area contributed by atoms with E-state index in [2.05, 4.69) is 6.92 Å². The zero-order valence-corrected chi connectivity index (χ0v) is 17.8. The van der Waals surface area contributed by atoms with Crippen molar-refractivity contribution in [2.45, 2.75) is 39.5 Å². The van der Waals surface area contributed by atoms with E-state index in [1.807, 2.05) is 17.9 Å². The second-order valence-electron chi connectivity index (χ2n) is 8.42. The molecule has 4 rings (SSSR count). The molecule has 3 heterocycles. The molecule has 1 aromatic carbocycles. The zero-order chi connectivity index (χ0) is 21.5. The number of likely N-dealkylation sites (tertiary alicyclic amines) is 2. The average Bonchev–Trinajstić information content (AvgIpc) is 3.30. The minimum atomic E-state index is -0.499. The van der Waals surface area contributed by atoms with Crippen LogP contribution in [0.15, 0.2) is 27.4 Å². The first-order chi connectivity index (χ1) is 14.4. The molecule has 2 saturated heterocycles. The third-order valence-corrected chi connectivity index (χ3v) is 6.62. The molecule has 2 aliphatic rings. The number of benzene rings is 1. The van der Waals surface area contributed by atoms with E-state index in [9.17, 15) is 14.4 Å². The fraction of sp³-hybridized carbons (Fsp3) is 0.522. The molecule has 0 radical (unpaired) electrons. The number of aryl methyl sites for hydroxylation is 1. The molecule has 1 aromatic heterocycles. The first-order valence-corrected chi connectivity index (χ1v) is 10.6. The lowest BCUT2D eigenvalue weighted by Crippen LogP contribution is -2.39. The van der Waals surface area contributed by atoms with E-state index in [0.29, 0.717) is 36.4 Å². The summed E-state index contributed by atoms with van der Waals surface area (Å²) in [5.74, 6) is 0.654. The van der Waals surface area contributed by atoms with Gasteiger partial charge in [-0.05, 0) is 43.9 Å². The molecule has 7 heteroatoms. The third kappa shape index (κ3) is 3.36. The molecule has 1 unspecified atom stereocenters. The summed E-state index contributed by atoms with van der Waals surface area (Å²) in [6, 6.07) is 5.32. The number of amides is 2. The molecular weight excluding hydrogens is 384 g/mol. The number of rotatable bonds is 5. The molecule has 7 nitrogen and oxygen atoms in total. The molecule has 0 saturated carbocycles. The smallest absolute Gasteiger partial charge is 0.340 e. The van der Waals surface area contributed by atoms with Gasteiger partial charge in [0, 0.05) is 37.6 Å². The van der Waals surface area contributed by atoms with Crippen LogP contribution in [0, 0.1) is 12.3 Å². The van der Waals surface area contributed by atoms with E-state index >= 15 is 0 Å². The largest absolute Gasteiger partial charge is 0.497 e. The van der Waals surface area contributed by atoms with Crippen molar-refractivity contribution in [2.24, 2.45) is 5.41 Å². The fourth-order valence-corrected chi connectivity index (χ4v) is 4.81. The van der Waals surface area contributed by atoms with Crippen LogP contribution in [-0.2, 0) is 16.0 Å². The van der Waals surface area contributed by atoms with Gasteiger partial charge in [0.05, 0.1) is 24.5 Å². The van der Waals surface area contributed by atoms with E-state index in [4.69, 9.17) is 9.15 Å². The van der Waals surface area contributed by atoms with E-state index in [-0.39, 0.29) is 18.2 Å². The fourth-order valence-electron chi connectivity index (χ4n) is 4.81. The Labute approximate surface area is 175 Å². The number of carbonyl (C=O) groups excluding carboxylic acids is 2. The van der Waals surface area contributed by atoms with Crippen molar-refractivity contribution in [1.82, 2.24) is 9.80 Å². The van der Waals surface area contributed by atoms with Crippen LogP contribution >= 0.6 is 0 Å². The lowest BCUT2D eigenvalue weighted by molar-refractivity contribution is -0.136. The van der Waals surface area contributed by atoms with Crippen LogP contribution in [0.3, 0.4) is 0 Å². The van der Waals surface area contributed by atoms with Crippen LogP contribution in [0.5, 0.6) is 5.75 Å². The van der Waals surface area contributed by atoms with Crippen molar-refractivity contribution in [3.05, 3.63) is 39.7 Å². The molecule has 0 N–H and O–H groups in total. The number of nitrogens with zero attached hydrogens (tertiary/aromatic N) is 2. The van der Waals surface area contributed by atoms with Crippen LogP contribution in [0.2, 0.25) is 0 Å². The predicted molar refractivity (Wildman–Crippen MR) is 113 cm³/mol. The number of methoxy groups -OCH3 is 1. The number of ether oxygens (including phenoxy) is 1. The molecule has 0 aliphatic carbocycles.